The van der Waals surface area contributed by atoms with Gasteiger partial charge in [-0.05, 0) is 22.9 Å². The number of nitrogens with zero attached hydrogens (tertiary/aromatic N) is 3. The van der Waals surface area contributed by atoms with E-state index in [0.29, 0.717) is 15.9 Å². The minimum atomic E-state index is -1.20. The second-order valence-electron chi connectivity index (χ2n) is 2.58. The number of carbonyl (C=O) groups is 1. The Morgan fingerprint density at radius 2 is 2.14 bits per heavy atom. The predicted molar refractivity (Wildman–Crippen MR) is 49.0 cm³/mol. The summed E-state index contributed by atoms with van der Waals surface area (Å²) >= 11 is 3.14. The van der Waals surface area contributed by atoms with Gasteiger partial charge in [-0.25, -0.2) is 14.8 Å². The van der Waals surface area contributed by atoms with E-state index >= 15 is 0 Å². The van der Waals surface area contributed by atoms with Crippen molar-refractivity contribution in [1.29, 1.82) is 0 Å². The normalized spacial score (nSPS) is 10.7. The van der Waals surface area contributed by atoms with E-state index in [1.54, 1.807) is 6.92 Å². The first-order valence-electron chi connectivity index (χ1n) is 3.62. The van der Waals surface area contributed by atoms with Gasteiger partial charge in [0, 0.05) is 0 Å². The Labute approximate surface area is 86.1 Å². The molecule has 0 spiro atoms. The summed E-state index contributed by atoms with van der Waals surface area (Å²) in [6, 6.07) is 0. The maximum Gasteiger partial charge on any atom is 0.377 e. The molecule has 0 aliphatic carbocycles. The smallest absolute Gasteiger partial charge is 0.377 e. The van der Waals surface area contributed by atoms with Crippen LogP contribution in [0.5, 0.6) is 0 Å². The van der Waals surface area contributed by atoms with Gasteiger partial charge in [0.15, 0.2) is 11.0 Å². The molecule has 2 aromatic heterocycles. The second kappa shape index (κ2) is 3.02. The molecule has 2 aromatic rings. The van der Waals surface area contributed by atoms with Gasteiger partial charge in [-0.15, -0.1) is 0 Å². The van der Waals surface area contributed by atoms with Gasteiger partial charge in [-0.3, -0.25) is 0 Å². The molecule has 2 heterocycles. The van der Waals surface area contributed by atoms with Crippen LogP contribution in [0.15, 0.2) is 9.13 Å². The summed E-state index contributed by atoms with van der Waals surface area (Å²) in [7, 11) is 0. The number of aryl methyl sites for hydroxylation is 1. The molecule has 0 radical (unpaired) electrons. The molecule has 0 fully saturated rings. The Kier molecular flexibility index (Phi) is 1.95. The zero-order valence-corrected chi connectivity index (χ0v) is 8.57. The molecule has 0 atom stereocenters. The highest BCUT2D eigenvalue weighted by molar-refractivity contribution is 9.10. The number of aromatic nitrogens is 3. The Morgan fingerprint density at radius 3 is 2.79 bits per heavy atom. The van der Waals surface area contributed by atoms with Gasteiger partial charge < -0.3 is 9.63 Å². The fraction of sp³-hybridized carbons (Fsp3) is 0.143. The monoisotopic (exact) mass is 257 g/mol. The summed E-state index contributed by atoms with van der Waals surface area (Å²) in [6.45, 7) is 1.66. The summed E-state index contributed by atoms with van der Waals surface area (Å²) < 4.78 is 5.06. The molecule has 0 bridgehead atoms. The van der Waals surface area contributed by atoms with Gasteiger partial charge in [0.2, 0.25) is 0 Å². The van der Waals surface area contributed by atoms with Gasteiger partial charge >= 0.3 is 5.97 Å². The standard InChI is InChI=1S/C7H4BrN3O3/c1-2-9-3-4(6(8)10-2)11-14-5(3)7(12)13/h1H3,(H,12,13). The molecule has 7 heteroatoms. The predicted octanol–water partition coefficient (Wildman–Crippen LogP) is 1.39. The van der Waals surface area contributed by atoms with Crippen LogP contribution in [0, 0.1) is 6.92 Å². The lowest BCUT2D eigenvalue weighted by molar-refractivity contribution is 0.0655. The van der Waals surface area contributed by atoms with Crippen LogP contribution in [0.3, 0.4) is 0 Å². The summed E-state index contributed by atoms with van der Waals surface area (Å²) in [6.07, 6.45) is 0. The molecule has 1 N–H and O–H groups in total. The zero-order valence-electron chi connectivity index (χ0n) is 6.98. The Bertz CT molecular complexity index is 522. The quantitative estimate of drug-likeness (QED) is 0.777. The van der Waals surface area contributed by atoms with Crippen LogP contribution >= 0.6 is 15.9 Å². The molecule has 0 aromatic carbocycles. The molecular weight excluding hydrogens is 254 g/mol. The van der Waals surface area contributed by atoms with Crippen molar-refractivity contribution in [2.45, 2.75) is 6.92 Å². The third-order valence-corrected chi connectivity index (χ3v) is 2.14. The zero-order chi connectivity index (χ0) is 10.3. The largest absolute Gasteiger partial charge is 0.475 e. The minimum Gasteiger partial charge on any atom is -0.475 e. The van der Waals surface area contributed by atoms with Crippen molar-refractivity contribution in [2.24, 2.45) is 0 Å². The highest BCUT2D eigenvalue weighted by Crippen LogP contribution is 2.22. The average Bonchev–Trinajstić information content (AvgIpc) is 2.47. The number of hydrogen-bond acceptors (Lipinski definition) is 5. The highest BCUT2D eigenvalue weighted by Gasteiger charge is 2.19. The van der Waals surface area contributed by atoms with Crippen molar-refractivity contribution in [3.05, 3.63) is 16.2 Å². The molecule has 0 amide bonds. The number of fused-ring (bicyclic) bond motifs is 1. The molecule has 72 valence electrons. The van der Waals surface area contributed by atoms with Crippen molar-refractivity contribution >= 4 is 32.9 Å². The lowest BCUT2D eigenvalue weighted by Gasteiger charge is -1.93. The fourth-order valence-electron chi connectivity index (χ4n) is 1.05. The van der Waals surface area contributed by atoms with Crippen molar-refractivity contribution in [3.63, 3.8) is 0 Å². The van der Waals surface area contributed by atoms with Crippen LogP contribution in [0.1, 0.15) is 16.4 Å². The molecular formula is C7H4BrN3O3. The Balaban J connectivity index is 2.85. The maximum atomic E-state index is 10.7. The molecule has 0 aliphatic rings. The first-order valence-corrected chi connectivity index (χ1v) is 4.41. The fourth-order valence-corrected chi connectivity index (χ4v) is 1.56. The average molecular weight is 258 g/mol. The Morgan fingerprint density at radius 1 is 1.43 bits per heavy atom. The highest BCUT2D eigenvalue weighted by atomic mass is 79.9. The maximum absolute atomic E-state index is 10.7. The summed E-state index contributed by atoms with van der Waals surface area (Å²) in [5.74, 6) is -1.02. The van der Waals surface area contributed by atoms with Crippen LogP contribution in [0.25, 0.3) is 11.0 Å². The van der Waals surface area contributed by atoms with Crippen molar-refractivity contribution in [1.82, 2.24) is 15.1 Å². The van der Waals surface area contributed by atoms with E-state index in [2.05, 4.69) is 35.6 Å². The number of carboxylic acid groups (broad SMARTS) is 1. The van der Waals surface area contributed by atoms with Crippen molar-refractivity contribution < 1.29 is 14.4 Å². The minimum absolute atomic E-state index is 0.205. The lowest BCUT2D eigenvalue weighted by atomic mass is 10.3. The number of carboxylic acids is 1. The van der Waals surface area contributed by atoms with E-state index in [9.17, 15) is 4.79 Å². The Hall–Kier alpha value is -1.50. The van der Waals surface area contributed by atoms with Crippen LogP contribution in [0.4, 0.5) is 0 Å². The van der Waals surface area contributed by atoms with E-state index in [1.807, 2.05) is 0 Å². The third kappa shape index (κ3) is 1.25. The molecule has 2 rings (SSSR count). The topological polar surface area (TPSA) is 89.1 Å². The number of hydrogen-bond donors (Lipinski definition) is 1. The molecule has 0 unspecified atom stereocenters. The number of rotatable bonds is 1. The summed E-state index contributed by atoms with van der Waals surface area (Å²) in [4.78, 5) is 18.6. The number of halogens is 1. The van der Waals surface area contributed by atoms with Crippen LogP contribution in [0.2, 0.25) is 0 Å². The molecule has 14 heavy (non-hydrogen) atoms. The van der Waals surface area contributed by atoms with E-state index < -0.39 is 5.97 Å². The van der Waals surface area contributed by atoms with E-state index in [4.69, 9.17) is 5.11 Å². The van der Waals surface area contributed by atoms with E-state index in [-0.39, 0.29) is 11.3 Å². The van der Waals surface area contributed by atoms with Gasteiger partial charge in [-0.2, -0.15) is 0 Å². The van der Waals surface area contributed by atoms with Gasteiger partial charge in [0.05, 0.1) is 0 Å². The molecule has 0 saturated carbocycles. The molecule has 0 saturated heterocycles. The summed E-state index contributed by atoms with van der Waals surface area (Å²) in [5, 5.41) is 12.3. The first kappa shape index (κ1) is 9.07. The van der Waals surface area contributed by atoms with E-state index in [1.165, 1.54) is 0 Å². The second-order valence-corrected chi connectivity index (χ2v) is 3.33. The van der Waals surface area contributed by atoms with Crippen LogP contribution in [-0.2, 0) is 0 Å². The van der Waals surface area contributed by atoms with Crippen molar-refractivity contribution in [2.75, 3.05) is 0 Å². The van der Waals surface area contributed by atoms with Crippen LogP contribution < -0.4 is 0 Å². The van der Waals surface area contributed by atoms with Gasteiger partial charge in [0.25, 0.3) is 5.76 Å². The summed E-state index contributed by atoms with van der Waals surface area (Å²) in [5.41, 5.74) is 0.518. The van der Waals surface area contributed by atoms with Crippen LogP contribution in [-0.4, -0.2) is 26.2 Å². The molecule has 0 aliphatic heterocycles. The third-order valence-electron chi connectivity index (χ3n) is 1.59. The number of aromatic carboxylic acids is 1. The van der Waals surface area contributed by atoms with Gasteiger partial charge in [-0.1, -0.05) is 5.16 Å². The van der Waals surface area contributed by atoms with Crippen molar-refractivity contribution in [3.8, 4) is 0 Å². The van der Waals surface area contributed by atoms with E-state index in [0.717, 1.165) is 0 Å². The molecule has 6 nitrogen and oxygen atoms in total. The first-order chi connectivity index (χ1) is 6.59. The SMILES string of the molecule is Cc1nc(Br)c2noc(C(=O)O)c2n1. The lowest BCUT2D eigenvalue weighted by Crippen LogP contribution is -1.97. The van der Waals surface area contributed by atoms with Gasteiger partial charge in [0.1, 0.15) is 10.4 Å².